The maximum absolute atomic E-state index is 13.2. The van der Waals surface area contributed by atoms with Crippen molar-refractivity contribution in [1.29, 1.82) is 0 Å². The van der Waals surface area contributed by atoms with Crippen molar-refractivity contribution in [2.45, 2.75) is 51.8 Å². The zero-order valence-corrected chi connectivity index (χ0v) is 21.4. The molecular weight excluding hydrogens is 462 g/mol. The molecule has 192 valence electrons. The first-order valence-corrected chi connectivity index (χ1v) is 12.1. The standard InChI is InChI=1S/C27H33N3O6/c1-17(26(36-19(3)32)20-10-11-24(34-4)25(16-20)35-5)28-14-12-21(13-15-28)30-23-9-7-6-8-22(23)29(18(2)31)27(30)33/h6-11,16-17,21,26H,12-15H2,1-5H3/t17-,26+/m1/s1. The van der Waals surface area contributed by atoms with Crippen LogP contribution in [0.2, 0.25) is 0 Å². The zero-order chi connectivity index (χ0) is 26.0. The molecule has 0 amide bonds. The van der Waals surface area contributed by atoms with Crippen molar-refractivity contribution in [2.24, 2.45) is 0 Å². The van der Waals surface area contributed by atoms with Gasteiger partial charge in [0.05, 0.1) is 25.3 Å². The summed E-state index contributed by atoms with van der Waals surface area (Å²) in [4.78, 5) is 39.6. The van der Waals surface area contributed by atoms with E-state index >= 15 is 0 Å². The SMILES string of the molecule is COc1ccc([C@@H](OC(C)=O)[C@@H](C)N2CCC(n3c(=O)n(C(C)=O)c4ccccc43)CC2)cc1OC. The van der Waals surface area contributed by atoms with E-state index in [-0.39, 0.29) is 29.6 Å². The van der Waals surface area contributed by atoms with Crippen molar-refractivity contribution >= 4 is 22.9 Å². The third-order valence-corrected chi connectivity index (χ3v) is 7.00. The molecule has 2 atom stereocenters. The van der Waals surface area contributed by atoms with Crippen molar-refractivity contribution < 1.29 is 23.8 Å². The van der Waals surface area contributed by atoms with E-state index in [1.807, 2.05) is 37.3 Å². The number of likely N-dealkylation sites (tertiary alicyclic amines) is 1. The Morgan fingerprint density at radius 2 is 1.58 bits per heavy atom. The fourth-order valence-electron chi connectivity index (χ4n) is 5.22. The molecule has 0 spiro atoms. The monoisotopic (exact) mass is 495 g/mol. The number of fused-ring (bicyclic) bond motifs is 1. The molecule has 9 nitrogen and oxygen atoms in total. The maximum Gasteiger partial charge on any atom is 0.336 e. The molecule has 0 N–H and O–H groups in total. The zero-order valence-electron chi connectivity index (χ0n) is 21.4. The number of hydrogen-bond acceptors (Lipinski definition) is 7. The molecule has 36 heavy (non-hydrogen) atoms. The van der Waals surface area contributed by atoms with Gasteiger partial charge in [0.15, 0.2) is 11.5 Å². The second kappa shape index (κ2) is 10.6. The van der Waals surface area contributed by atoms with Gasteiger partial charge >= 0.3 is 11.7 Å². The predicted molar refractivity (Wildman–Crippen MR) is 136 cm³/mol. The van der Waals surface area contributed by atoms with Gasteiger partial charge in [-0.25, -0.2) is 9.36 Å². The minimum atomic E-state index is -0.499. The maximum atomic E-state index is 13.2. The molecule has 1 fully saturated rings. The Labute approximate surface area is 210 Å². The fourth-order valence-corrected chi connectivity index (χ4v) is 5.22. The molecule has 0 radical (unpaired) electrons. The van der Waals surface area contributed by atoms with Crippen molar-refractivity contribution in [3.63, 3.8) is 0 Å². The third-order valence-electron chi connectivity index (χ3n) is 7.00. The van der Waals surface area contributed by atoms with Crippen LogP contribution < -0.4 is 15.2 Å². The van der Waals surface area contributed by atoms with Gasteiger partial charge in [0.1, 0.15) is 6.10 Å². The largest absolute Gasteiger partial charge is 0.493 e. The summed E-state index contributed by atoms with van der Waals surface area (Å²) in [5.74, 6) is 0.519. The molecule has 4 rings (SSSR count). The molecule has 0 unspecified atom stereocenters. The Hall–Kier alpha value is -3.59. The van der Waals surface area contributed by atoms with E-state index in [9.17, 15) is 14.4 Å². The summed E-state index contributed by atoms with van der Waals surface area (Å²) in [6.07, 6.45) is 0.963. The first kappa shape index (κ1) is 25.5. The third kappa shape index (κ3) is 4.75. The number of benzene rings is 2. The smallest absolute Gasteiger partial charge is 0.336 e. The molecule has 1 aliphatic rings. The summed E-state index contributed by atoms with van der Waals surface area (Å²) in [6, 6.07) is 12.8. The average molecular weight is 496 g/mol. The number of aromatic nitrogens is 2. The molecule has 9 heteroatoms. The fraction of sp³-hybridized carbons (Fsp3) is 0.444. The lowest BCUT2D eigenvalue weighted by atomic mass is 9.97. The van der Waals surface area contributed by atoms with Crippen LogP contribution in [0, 0.1) is 0 Å². The topological polar surface area (TPSA) is 92.0 Å². The Balaban J connectivity index is 1.57. The Bertz CT molecular complexity index is 1320. The van der Waals surface area contributed by atoms with Gasteiger partial charge < -0.3 is 14.2 Å². The summed E-state index contributed by atoms with van der Waals surface area (Å²) in [5, 5.41) is 0. The highest BCUT2D eigenvalue weighted by molar-refractivity contribution is 5.89. The summed E-state index contributed by atoms with van der Waals surface area (Å²) >= 11 is 0. The van der Waals surface area contributed by atoms with E-state index < -0.39 is 6.10 Å². The number of carbonyl (C=O) groups is 2. The quantitative estimate of drug-likeness (QED) is 0.460. The van der Waals surface area contributed by atoms with Crippen LogP contribution >= 0.6 is 0 Å². The van der Waals surface area contributed by atoms with E-state index in [4.69, 9.17) is 14.2 Å². The average Bonchev–Trinajstić information content (AvgIpc) is 3.18. The summed E-state index contributed by atoms with van der Waals surface area (Å²) < 4.78 is 19.6. The molecule has 3 aromatic rings. The molecule has 2 heterocycles. The molecule has 1 saturated heterocycles. The van der Waals surface area contributed by atoms with Gasteiger partial charge in [0.2, 0.25) is 5.91 Å². The van der Waals surface area contributed by atoms with Crippen molar-refractivity contribution in [3.05, 3.63) is 58.5 Å². The van der Waals surface area contributed by atoms with Crippen LogP contribution in [0.1, 0.15) is 56.1 Å². The van der Waals surface area contributed by atoms with Crippen LogP contribution in [-0.4, -0.2) is 59.3 Å². The molecule has 1 aliphatic heterocycles. The van der Waals surface area contributed by atoms with Gasteiger partial charge in [0, 0.05) is 39.0 Å². The summed E-state index contributed by atoms with van der Waals surface area (Å²) in [5.41, 5.74) is 1.93. The summed E-state index contributed by atoms with van der Waals surface area (Å²) in [7, 11) is 3.15. The number of imidazole rings is 1. The lowest BCUT2D eigenvalue weighted by molar-refractivity contribution is -0.150. The Morgan fingerprint density at radius 3 is 2.17 bits per heavy atom. The number of methoxy groups -OCH3 is 2. The number of esters is 1. The van der Waals surface area contributed by atoms with Gasteiger partial charge in [-0.05, 0) is 49.6 Å². The number of para-hydroxylation sites is 2. The van der Waals surface area contributed by atoms with E-state index in [0.29, 0.717) is 30.1 Å². The van der Waals surface area contributed by atoms with E-state index in [1.54, 1.807) is 30.9 Å². The van der Waals surface area contributed by atoms with Crippen LogP contribution in [0.3, 0.4) is 0 Å². The second-order valence-electron chi connectivity index (χ2n) is 9.15. The van der Waals surface area contributed by atoms with Gasteiger partial charge in [-0.15, -0.1) is 0 Å². The number of ether oxygens (including phenoxy) is 3. The number of rotatable bonds is 7. The van der Waals surface area contributed by atoms with Crippen LogP contribution in [0.25, 0.3) is 11.0 Å². The normalized spacial score (nSPS) is 16.5. The van der Waals surface area contributed by atoms with Crippen molar-refractivity contribution in [3.8, 4) is 11.5 Å². The highest BCUT2D eigenvalue weighted by Gasteiger charge is 2.33. The van der Waals surface area contributed by atoms with Crippen LogP contribution in [0.4, 0.5) is 0 Å². The molecule has 0 saturated carbocycles. The number of hydrogen-bond donors (Lipinski definition) is 0. The van der Waals surface area contributed by atoms with Gasteiger partial charge in [-0.2, -0.15) is 0 Å². The number of carbonyl (C=O) groups excluding carboxylic acids is 2. The van der Waals surface area contributed by atoms with Gasteiger partial charge in [-0.1, -0.05) is 18.2 Å². The van der Waals surface area contributed by atoms with E-state index in [1.165, 1.54) is 18.4 Å². The molecule has 1 aromatic heterocycles. The molecular formula is C27H33N3O6. The van der Waals surface area contributed by atoms with Crippen molar-refractivity contribution in [2.75, 3.05) is 27.3 Å². The highest BCUT2D eigenvalue weighted by Crippen LogP contribution is 2.35. The highest BCUT2D eigenvalue weighted by atomic mass is 16.5. The van der Waals surface area contributed by atoms with Crippen LogP contribution in [0.5, 0.6) is 11.5 Å². The van der Waals surface area contributed by atoms with Gasteiger partial charge in [-0.3, -0.25) is 19.1 Å². The van der Waals surface area contributed by atoms with E-state index in [2.05, 4.69) is 4.90 Å². The van der Waals surface area contributed by atoms with Crippen molar-refractivity contribution in [1.82, 2.24) is 14.0 Å². The molecule has 0 aliphatic carbocycles. The van der Waals surface area contributed by atoms with Crippen LogP contribution in [0.15, 0.2) is 47.3 Å². The molecule has 0 bridgehead atoms. The Morgan fingerprint density at radius 1 is 0.944 bits per heavy atom. The lowest BCUT2D eigenvalue weighted by Crippen LogP contribution is -2.45. The first-order valence-electron chi connectivity index (χ1n) is 12.1. The minimum absolute atomic E-state index is 0.0281. The van der Waals surface area contributed by atoms with Crippen LogP contribution in [-0.2, 0) is 9.53 Å². The molecule has 2 aromatic carbocycles. The second-order valence-corrected chi connectivity index (χ2v) is 9.15. The number of piperidine rings is 1. The Kier molecular flexibility index (Phi) is 7.49. The van der Waals surface area contributed by atoms with Gasteiger partial charge in [0.25, 0.3) is 0 Å². The summed E-state index contributed by atoms with van der Waals surface area (Å²) in [6.45, 7) is 6.28. The van der Waals surface area contributed by atoms with E-state index in [0.717, 1.165) is 23.9 Å². The number of nitrogens with zero attached hydrogens (tertiary/aromatic N) is 3. The minimum Gasteiger partial charge on any atom is -0.493 e. The lowest BCUT2D eigenvalue weighted by Gasteiger charge is -2.39. The predicted octanol–water partition coefficient (Wildman–Crippen LogP) is 3.81. The first-order chi connectivity index (χ1) is 17.3.